The van der Waals surface area contributed by atoms with Crippen molar-refractivity contribution in [3.05, 3.63) is 71.1 Å². The number of carbonyl (C=O) groups is 1. The zero-order chi connectivity index (χ0) is 25.7. The van der Waals surface area contributed by atoms with Gasteiger partial charge in [-0.05, 0) is 56.1 Å². The molecule has 1 unspecified atom stereocenters. The Morgan fingerprint density at radius 3 is 2.39 bits per heavy atom. The number of piperidine rings is 1. The lowest BCUT2D eigenvalue weighted by atomic mass is 9.81. The van der Waals surface area contributed by atoms with Gasteiger partial charge in [-0.2, -0.15) is 13.2 Å². The summed E-state index contributed by atoms with van der Waals surface area (Å²) in [6.45, 7) is 3.57. The number of benzene rings is 1. The van der Waals surface area contributed by atoms with Crippen molar-refractivity contribution in [1.29, 1.82) is 0 Å². The van der Waals surface area contributed by atoms with Crippen LogP contribution < -0.4 is 0 Å². The molecule has 1 amide bonds. The number of likely N-dealkylation sites (N-methyl/N-ethyl adjacent to an activating group) is 1. The first-order valence-corrected chi connectivity index (χ1v) is 12.1. The molecule has 11 heteroatoms. The maximum Gasteiger partial charge on any atom is 0.431 e. The van der Waals surface area contributed by atoms with Gasteiger partial charge in [0, 0.05) is 31.9 Å². The SMILES string of the molecule is CCC(c1ccc(F)cc1)n1cc(C(=O)N2CCC3(CC2)c2ccc(C(F)(F)F)n2CCN3C)nn1. The van der Waals surface area contributed by atoms with Crippen LogP contribution in [0.5, 0.6) is 0 Å². The number of nitrogens with zero attached hydrogens (tertiary/aromatic N) is 6. The first-order valence-electron chi connectivity index (χ1n) is 12.1. The number of fused-ring (bicyclic) bond motifs is 2. The molecule has 1 aromatic carbocycles. The highest BCUT2D eigenvalue weighted by Crippen LogP contribution is 2.44. The lowest BCUT2D eigenvalue weighted by Gasteiger charge is -2.50. The summed E-state index contributed by atoms with van der Waals surface area (Å²) in [5.41, 5.74) is 0.570. The van der Waals surface area contributed by atoms with Crippen LogP contribution in [0.3, 0.4) is 0 Å². The van der Waals surface area contributed by atoms with E-state index in [1.54, 1.807) is 34.0 Å². The summed E-state index contributed by atoms with van der Waals surface area (Å²) in [6.07, 6.45) is -1.06. The summed E-state index contributed by atoms with van der Waals surface area (Å²) in [4.78, 5) is 17.0. The van der Waals surface area contributed by atoms with E-state index in [9.17, 15) is 22.4 Å². The molecule has 36 heavy (non-hydrogen) atoms. The van der Waals surface area contributed by atoms with Gasteiger partial charge >= 0.3 is 6.18 Å². The number of halogens is 4. The first kappa shape index (κ1) is 24.5. The van der Waals surface area contributed by atoms with Crippen LogP contribution in [0.2, 0.25) is 0 Å². The molecule has 3 aromatic rings. The number of likely N-dealkylation sites (tertiary alicyclic amines) is 1. The molecule has 2 aliphatic heterocycles. The third-order valence-electron chi connectivity index (χ3n) is 7.71. The molecule has 1 spiro atoms. The molecule has 1 atom stereocenters. The quantitative estimate of drug-likeness (QED) is 0.497. The van der Waals surface area contributed by atoms with Crippen LogP contribution in [-0.2, 0) is 18.3 Å². The van der Waals surface area contributed by atoms with Crippen molar-refractivity contribution in [1.82, 2.24) is 29.4 Å². The van der Waals surface area contributed by atoms with Gasteiger partial charge in [-0.1, -0.05) is 24.3 Å². The minimum Gasteiger partial charge on any atom is -0.338 e. The zero-order valence-electron chi connectivity index (χ0n) is 20.2. The Morgan fingerprint density at radius 1 is 1.06 bits per heavy atom. The van der Waals surface area contributed by atoms with E-state index in [4.69, 9.17) is 0 Å². The second-order valence-electron chi connectivity index (χ2n) is 9.56. The van der Waals surface area contributed by atoms with Gasteiger partial charge in [-0.15, -0.1) is 5.10 Å². The van der Waals surface area contributed by atoms with Crippen molar-refractivity contribution in [2.45, 2.75) is 50.5 Å². The van der Waals surface area contributed by atoms with E-state index in [-0.39, 0.29) is 30.0 Å². The van der Waals surface area contributed by atoms with E-state index in [0.717, 1.165) is 11.6 Å². The molecule has 4 heterocycles. The monoisotopic (exact) mass is 504 g/mol. The molecule has 1 saturated heterocycles. The van der Waals surface area contributed by atoms with Crippen molar-refractivity contribution in [3.63, 3.8) is 0 Å². The Kier molecular flexibility index (Phi) is 6.14. The van der Waals surface area contributed by atoms with Crippen LogP contribution in [0.1, 0.15) is 59.7 Å². The van der Waals surface area contributed by atoms with Gasteiger partial charge in [-0.25, -0.2) is 9.07 Å². The van der Waals surface area contributed by atoms with Gasteiger partial charge in [-0.3, -0.25) is 9.69 Å². The van der Waals surface area contributed by atoms with Crippen LogP contribution in [0.4, 0.5) is 17.6 Å². The number of hydrogen-bond acceptors (Lipinski definition) is 4. The fourth-order valence-corrected chi connectivity index (χ4v) is 5.69. The predicted molar refractivity (Wildman–Crippen MR) is 124 cm³/mol. The maximum atomic E-state index is 13.5. The lowest BCUT2D eigenvalue weighted by Crippen LogP contribution is -2.56. The number of rotatable bonds is 4. The summed E-state index contributed by atoms with van der Waals surface area (Å²) in [5, 5.41) is 8.26. The summed E-state index contributed by atoms with van der Waals surface area (Å²) >= 11 is 0. The lowest BCUT2D eigenvalue weighted by molar-refractivity contribution is -0.144. The van der Waals surface area contributed by atoms with Gasteiger partial charge < -0.3 is 9.47 Å². The van der Waals surface area contributed by atoms with Gasteiger partial charge in [0.2, 0.25) is 0 Å². The molecule has 2 aliphatic rings. The Bertz CT molecular complexity index is 1240. The minimum atomic E-state index is -4.40. The largest absolute Gasteiger partial charge is 0.431 e. The van der Waals surface area contributed by atoms with Crippen molar-refractivity contribution < 1.29 is 22.4 Å². The van der Waals surface area contributed by atoms with Gasteiger partial charge in [0.25, 0.3) is 5.91 Å². The topological polar surface area (TPSA) is 59.2 Å². The van der Waals surface area contributed by atoms with E-state index < -0.39 is 17.4 Å². The summed E-state index contributed by atoms with van der Waals surface area (Å²) in [5.74, 6) is -0.577. The van der Waals surface area contributed by atoms with Crippen LogP contribution in [0, 0.1) is 5.82 Å². The average molecular weight is 505 g/mol. The second-order valence-corrected chi connectivity index (χ2v) is 9.56. The van der Waals surface area contributed by atoms with E-state index in [1.165, 1.54) is 16.7 Å². The van der Waals surface area contributed by atoms with Crippen LogP contribution >= 0.6 is 0 Å². The number of aromatic nitrogens is 4. The molecule has 7 nitrogen and oxygen atoms in total. The summed E-state index contributed by atoms with van der Waals surface area (Å²) in [7, 11) is 1.94. The third kappa shape index (κ3) is 4.08. The van der Waals surface area contributed by atoms with E-state index in [2.05, 4.69) is 15.2 Å². The van der Waals surface area contributed by atoms with Crippen molar-refractivity contribution in [3.8, 4) is 0 Å². The average Bonchev–Trinajstić information content (AvgIpc) is 3.52. The Balaban J connectivity index is 1.32. The highest BCUT2D eigenvalue weighted by Gasteiger charge is 2.47. The van der Waals surface area contributed by atoms with Crippen molar-refractivity contribution in [2.24, 2.45) is 0 Å². The molecule has 5 rings (SSSR count). The molecule has 1 fully saturated rings. The Labute approximate surface area is 206 Å². The molecule has 0 radical (unpaired) electrons. The number of alkyl halides is 3. The van der Waals surface area contributed by atoms with Gasteiger partial charge in [0.1, 0.15) is 11.5 Å². The highest BCUT2D eigenvalue weighted by molar-refractivity contribution is 5.92. The minimum absolute atomic E-state index is 0.184. The summed E-state index contributed by atoms with van der Waals surface area (Å²) < 4.78 is 56.9. The van der Waals surface area contributed by atoms with E-state index >= 15 is 0 Å². The molecule has 0 aliphatic carbocycles. The van der Waals surface area contributed by atoms with Crippen LogP contribution in [-0.4, -0.2) is 61.9 Å². The second kappa shape index (κ2) is 9.02. The summed E-state index contributed by atoms with van der Waals surface area (Å²) in [6, 6.07) is 8.73. The van der Waals surface area contributed by atoms with Gasteiger partial charge in [0.15, 0.2) is 5.69 Å². The fourth-order valence-electron chi connectivity index (χ4n) is 5.69. The van der Waals surface area contributed by atoms with E-state index in [1.807, 2.05) is 14.0 Å². The molecule has 0 N–H and O–H groups in total. The standard InChI is InChI=1S/C25H28F4N6O/c1-3-20(17-4-6-18(26)7-5-17)35-16-19(30-31-35)23(36)33-12-10-24(11-13-33)21-8-9-22(25(27,28)29)34(21)15-14-32(24)2/h4-9,16,20H,3,10-15H2,1-2H3. The fraction of sp³-hybridized carbons (Fsp3) is 0.480. The normalized spacial score (nSPS) is 18.9. The smallest absolute Gasteiger partial charge is 0.338 e. The molecular weight excluding hydrogens is 476 g/mol. The van der Waals surface area contributed by atoms with Crippen LogP contribution in [0.15, 0.2) is 42.6 Å². The Morgan fingerprint density at radius 2 is 1.75 bits per heavy atom. The Hall–Kier alpha value is -3.21. The van der Waals surface area contributed by atoms with Crippen LogP contribution in [0.25, 0.3) is 0 Å². The number of hydrogen-bond donors (Lipinski definition) is 0. The maximum absolute atomic E-state index is 13.5. The molecule has 0 bridgehead atoms. The first-order chi connectivity index (χ1) is 17.1. The highest BCUT2D eigenvalue weighted by atomic mass is 19.4. The predicted octanol–water partition coefficient (Wildman–Crippen LogP) is 4.31. The third-order valence-corrected chi connectivity index (χ3v) is 7.71. The van der Waals surface area contributed by atoms with E-state index in [0.29, 0.717) is 44.6 Å². The molecule has 0 saturated carbocycles. The number of carbonyl (C=O) groups excluding carboxylic acids is 1. The number of amides is 1. The molecule has 192 valence electrons. The van der Waals surface area contributed by atoms with Crippen molar-refractivity contribution in [2.75, 3.05) is 26.7 Å². The molecular formula is C25H28F4N6O. The van der Waals surface area contributed by atoms with Gasteiger partial charge in [0.05, 0.1) is 17.8 Å². The molecule has 2 aromatic heterocycles. The zero-order valence-corrected chi connectivity index (χ0v) is 20.2. The van der Waals surface area contributed by atoms with Crippen molar-refractivity contribution >= 4 is 5.91 Å².